The highest BCUT2D eigenvalue weighted by Gasteiger charge is 2.12. The van der Waals surface area contributed by atoms with Gasteiger partial charge in [0.05, 0.1) is 5.69 Å². The summed E-state index contributed by atoms with van der Waals surface area (Å²) in [6.07, 6.45) is 2.61. The third-order valence-electron chi connectivity index (χ3n) is 2.61. The van der Waals surface area contributed by atoms with E-state index in [4.69, 9.17) is 0 Å². The maximum Gasteiger partial charge on any atom is 0.102 e. The number of nitrogens with zero attached hydrogens (tertiary/aromatic N) is 2. The van der Waals surface area contributed by atoms with E-state index in [1.807, 2.05) is 30.3 Å². The molecule has 14 heavy (non-hydrogen) atoms. The van der Waals surface area contributed by atoms with Gasteiger partial charge in [-0.1, -0.05) is 18.2 Å². The highest BCUT2D eigenvalue weighted by molar-refractivity contribution is 5.82. The van der Waals surface area contributed by atoms with Crippen molar-refractivity contribution in [2.24, 2.45) is 4.99 Å². The van der Waals surface area contributed by atoms with Crippen LogP contribution in [-0.4, -0.2) is 23.8 Å². The molecule has 1 aromatic rings. The summed E-state index contributed by atoms with van der Waals surface area (Å²) in [4.78, 5) is 6.94. The molecule has 0 bridgehead atoms. The van der Waals surface area contributed by atoms with Gasteiger partial charge in [-0.05, 0) is 31.9 Å². The molecule has 2 nitrogen and oxygen atoms in total. The Morgan fingerprint density at radius 2 is 1.79 bits per heavy atom. The van der Waals surface area contributed by atoms with Crippen LogP contribution in [0, 0.1) is 0 Å². The van der Waals surface area contributed by atoms with Crippen LogP contribution >= 0.6 is 0 Å². The molecule has 0 saturated carbocycles. The van der Waals surface area contributed by atoms with Crippen molar-refractivity contribution >= 4 is 11.5 Å². The first-order valence-electron chi connectivity index (χ1n) is 5.21. The van der Waals surface area contributed by atoms with Crippen molar-refractivity contribution < 1.29 is 0 Å². The van der Waals surface area contributed by atoms with Crippen LogP contribution in [-0.2, 0) is 0 Å². The van der Waals surface area contributed by atoms with E-state index in [0.717, 1.165) is 11.5 Å². The largest absolute Gasteiger partial charge is 0.360 e. The fourth-order valence-electron chi connectivity index (χ4n) is 1.80. The summed E-state index contributed by atoms with van der Waals surface area (Å²) < 4.78 is 0. The zero-order chi connectivity index (χ0) is 9.80. The first-order chi connectivity index (χ1) is 6.86. The second-order valence-corrected chi connectivity index (χ2v) is 3.69. The van der Waals surface area contributed by atoms with E-state index in [1.165, 1.54) is 25.9 Å². The van der Waals surface area contributed by atoms with E-state index in [2.05, 4.69) is 16.8 Å². The number of amidine groups is 1. The molecule has 2 heteroatoms. The molecule has 0 amide bonds. The van der Waals surface area contributed by atoms with Gasteiger partial charge in [-0.25, -0.2) is 4.99 Å². The number of likely N-dealkylation sites (tertiary alicyclic amines) is 1. The Morgan fingerprint density at radius 3 is 2.43 bits per heavy atom. The second-order valence-electron chi connectivity index (χ2n) is 3.69. The first kappa shape index (κ1) is 9.25. The predicted octanol–water partition coefficient (Wildman–Crippen LogP) is 2.83. The normalized spacial score (nSPS) is 17.5. The van der Waals surface area contributed by atoms with E-state index < -0.39 is 0 Å². The van der Waals surface area contributed by atoms with Gasteiger partial charge in [-0.2, -0.15) is 0 Å². The van der Waals surface area contributed by atoms with Crippen LogP contribution in [0.25, 0.3) is 0 Å². The molecule has 1 aliphatic rings. The lowest BCUT2D eigenvalue weighted by atomic mass is 10.3. The van der Waals surface area contributed by atoms with Crippen molar-refractivity contribution in [1.29, 1.82) is 0 Å². The monoisotopic (exact) mass is 188 g/mol. The molecule has 1 aliphatic heterocycles. The highest BCUT2D eigenvalue weighted by Crippen LogP contribution is 2.14. The zero-order valence-corrected chi connectivity index (χ0v) is 8.61. The van der Waals surface area contributed by atoms with Crippen LogP contribution in [0.2, 0.25) is 0 Å². The molecule has 0 N–H and O–H groups in total. The van der Waals surface area contributed by atoms with Gasteiger partial charge in [-0.15, -0.1) is 0 Å². The Hall–Kier alpha value is -1.31. The van der Waals surface area contributed by atoms with Gasteiger partial charge in [-0.3, -0.25) is 0 Å². The second kappa shape index (κ2) is 4.27. The number of aliphatic imine (C=N–C) groups is 1. The highest BCUT2D eigenvalue weighted by atomic mass is 15.2. The molecule has 1 aromatic carbocycles. The quantitative estimate of drug-likeness (QED) is 0.489. The summed E-state index contributed by atoms with van der Waals surface area (Å²) >= 11 is 0. The topological polar surface area (TPSA) is 15.6 Å². The van der Waals surface area contributed by atoms with Crippen LogP contribution in [0.1, 0.15) is 19.8 Å². The average Bonchev–Trinajstić information content (AvgIpc) is 2.72. The zero-order valence-electron chi connectivity index (χ0n) is 8.61. The van der Waals surface area contributed by atoms with E-state index in [1.54, 1.807) is 0 Å². The molecule has 2 rings (SSSR count). The molecule has 0 spiro atoms. The van der Waals surface area contributed by atoms with Crippen molar-refractivity contribution in [3.8, 4) is 0 Å². The Bertz CT molecular complexity index is 310. The number of benzene rings is 1. The van der Waals surface area contributed by atoms with Crippen LogP contribution in [0.5, 0.6) is 0 Å². The summed E-state index contributed by atoms with van der Waals surface area (Å²) in [7, 11) is 0. The van der Waals surface area contributed by atoms with E-state index in [9.17, 15) is 0 Å². The maximum absolute atomic E-state index is 4.58. The number of hydrogen-bond acceptors (Lipinski definition) is 1. The number of hydrogen-bond donors (Lipinski definition) is 0. The van der Waals surface area contributed by atoms with E-state index >= 15 is 0 Å². The molecule has 0 radical (unpaired) electrons. The Balaban J connectivity index is 2.10. The van der Waals surface area contributed by atoms with Crippen LogP contribution in [0.3, 0.4) is 0 Å². The first-order valence-corrected chi connectivity index (χ1v) is 5.21. The Morgan fingerprint density at radius 1 is 1.14 bits per heavy atom. The van der Waals surface area contributed by atoms with Crippen molar-refractivity contribution in [3.63, 3.8) is 0 Å². The molecule has 0 aromatic heterocycles. The van der Waals surface area contributed by atoms with Crippen LogP contribution in [0.4, 0.5) is 5.69 Å². The van der Waals surface area contributed by atoms with Crippen molar-refractivity contribution in [2.45, 2.75) is 19.8 Å². The molecule has 0 atom stereocenters. The Kier molecular flexibility index (Phi) is 2.82. The lowest BCUT2D eigenvalue weighted by Gasteiger charge is -2.16. The van der Waals surface area contributed by atoms with Gasteiger partial charge in [0, 0.05) is 13.1 Å². The Labute approximate surface area is 85.3 Å². The lowest BCUT2D eigenvalue weighted by molar-refractivity contribution is 0.516. The van der Waals surface area contributed by atoms with E-state index in [-0.39, 0.29) is 0 Å². The van der Waals surface area contributed by atoms with Gasteiger partial charge in [0.15, 0.2) is 0 Å². The number of rotatable bonds is 1. The summed E-state index contributed by atoms with van der Waals surface area (Å²) in [5.74, 6) is 1.15. The van der Waals surface area contributed by atoms with Gasteiger partial charge >= 0.3 is 0 Å². The molecule has 1 heterocycles. The third kappa shape index (κ3) is 2.13. The summed E-state index contributed by atoms with van der Waals surface area (Å²) in [6.45, 7) is 4.43. The predicted molar refractivity (Wildman–Crippen MR) is 60.0 cm³/mol. The van der Waals surface area contributed by atoms with Crippen LogP contribution in [0.15, 0.2) is 35.3 Å². The lowest BCUT2D eigenvalue weighted by Crippen LogP contribution is -2.24. The number of para-hydroxylation sites is 1. The van der Waals surface area contributed by atoms with Gasteiger partial charge in [0.1, 0.15) is 5.84 Å². The fraction of sp³-hybridized carbons (Fsp3) is 0.417. The van der Waals surface area contributed by atoms with Gasteiger partial charge in [0.25, 0.3) is 0 Å². The molecule has 1 fully saturated rings. The molecule has 1 saturated heterocycles. The molecular weight excluding hydrogens is 172 g/mol. The van der Waals surface area contributed by atoms with Gasteiger partial charge < -0.3 is 4.90 Å². The molecule has 74 valence electrons. The summed E-state index contributed by atoms with van der Waals surface area (Å²) in [5, 5.41) is 0. The summed E-state index contributed by atoms with van der Waals surface area (Å²) in [6, 6.07) is 10.1. The minimum Gasteiger partial charge on any atom is -0.360 e. The van der Waals surface area contributed by atoms with E-state index in [0.29, 0.717) is 0 Å². The minimum atomic E-state index is 1.05. The molecule has 0 aliphatic carbocycles. The summed E-state index contributed by atoms with van der Waals surface area (Å²) in [5.41, 5.74) is 1.05. The molecule has 0 unspecified atom stereocenters. The van der Waals surface area contributed by atoms with Crippen molar-refractivity contribution in [2.75, 3.05) is 13.1 Å². The van der Waals surface area contributed by atoms with Gasteiger partial charge in [0.2, 0.25) is 0 Å². The minimum absolute atomic E-state index is 1.05. The van der Waals surface area contributed by atoms with Crippen molar-refractivity contribution in [3.05, 3.63) is 30.3 Å². The third-order valence-corrected chi connectivity index (χ3v) is 2.61. The van der Waals surface area contributed by atoms with Crippen LogP contribution < -0.4 is 0 Å². The standard InChI is InChI=1S/C12H16N2/c1-11(14-9-5-6-10-14)13-12-7-3-2-4-8-12/h2-4,7-8H,5-6,9-10H2,1H3. The van der Waals surface area contributed by atoms with Crippen molar-refractivity contribution in [1.82, 2.24) is 4.90 Å². The average molecular weight is 188 g/mol. The smallest absolute Gasteiger partial charge is 0.102 e. The maximum atomic E-state index is 4.58. The SMILES string of the molecule is CC(=Nc1ccccc1)N1CCCC1. The molecular formula is C12H16N2. The fourth-order valence-corrected chi connectivity index (χ4v) is 1.80.